The van der Waals surface area contributed by atoms with E-state index in [1.54, 1.807) is 0 Å². The van der Waals surface area contributed by atoms with Crippen molar-refractivity contribution < 1.29 is 4.74 Å². The fourth-order valence-electron chi connectivity index (χ4n) is 2.82. The van der Waals surface area contributed by atoms with Gasteiger partial charge in [0.15, 0.2) is 0 Å². The van der Waals surface area contributed by atoms with Gasteiger partial charge in [-0.3, -0.25) is 4.98 Å². The van der Waals surface area contributed by atoms with Crippen molar-refractivity contribution in [3.8, 4) is 5.69 Å². The molecule has 1 aliphatic rings. The number of aromatic nitrogens is 3. The lowest BCUT2D eigenvalue weighted by Gasteiger charge is -2.04. The van der Waals surface area contributed by atoms with E-state index >= 15 is 0 Å². The summed E-state index contributed by atoms with van der Waals surface area (Å²) >= 11 is 5.97. The number of pyridine rings is 1. The third kappa shape index (κ3) is 2.20. The smallest absolute Gasteiger partial charge is 0.0927 e. The van der Waals surface area contributed by atoms with E-state index in [2.05, 4.69) is 4.98 Å². The third-order valence-corrected chi connectivity index (χ3v) is 4.15. The number of halogens is 1. The molecule has 4 rings (SSSR count). The van der Waals surface area contributed by atoms with E-state index in [1.807, 2.05) is 47.4 Å². The van der Waals surface area contributed by atoms with Gasteiger partial charge in [0.2, 0.25) is 0 Å². The second kappa shape index (κ2) is 5.13. The van der Waals surface area contributed by atoms with Gasteiger partial charge in [0.05, 0.1) is 29.7 Å². The summed E-state index contributed by atoms with van der Waals surface area (Å²) in [5.41, 5.74) is 3.10. The molecule has 0 amide bonds. The van der Waals surface area contributed by atoms with Crippen molar-refractivity contribution in [2.45, 2.75) is 12.3 Å². The van der Waals surface area contributed by atoms with E-state index in [4.69, 9.17) is 21.4 Å². The predicted molar refractivity (Wildman–Crippen MR) is 82.1 cm³/mol. The highest BCUT2D eigenvalue weighted by atomic mass is 35.5. The Hall–Kier alpha value is -1.91. The van der Waals surface area contributed by atoms with Gasteiger partial charge in [-0.1, -0.05) is 11.6 Å². The first-order valence-electron chi connectivity index (χ1n) is 6.99. The zero-order valence-corrected chi connectivity index (χ0v) is 12.1. The first-order chi connectivity index (χ1) is 10.3. The molecule has 1 unspecified atom stereocenters. The molecule has 2 aromatic heterocycles. The standard InChI is InChI=1S/C16H14ClN3O/c17-12-1-3-13(4-2-12)20-15-9-18-7-5-14(15)16(19-20)11-6-8-21-10-11/h1-5,7,9,11H,6,8,10H2. The summed E-state index contributed by atoms with van der Waals surface area (Å²) in [5.74, 6) is 0.364. The van der Waals surface area contributed by atoms with Crippen LogP contribution in [0, 0.1) is 0 Å². The van der Waals surface area contributed by atoms with Crippen LogP contribution >= 0.6 is 11.6 Å². The molecule has 3 aromatic rings. The molecule has 0 saturated carbocycles. The summed E-state index contributed by atoms with van der Waals surface area (Å²) in [6.07, 6.45) is 4.70. The van der Waals surface area contributed by atoms with Gasteiger partial charge < -0.3 is 4.74 Å². The molecule has 1 aromatic carbocycles. The minimum absolute atomic E-state index is 0.364. The molecule has 1 aliphatic heterocycles. The van der Waals surface area contributed by atoms with Gasteiger partial charge in [0, 0.05) is 29.1 Å². The van der Waals surface area contributed by atoms with E-state index < -0.39 is 0 Å². The van der Waals surface area contributed by atoms with Crippen LogP contribution in [0.2, 0.25) is 5.02 Å². The van der Waals surface area contributed by atoms with Crippen molar-refractivity contribution in [3.63, 3.8) is 0 Å². The van der Waals surface area contributed by atoms with E-state index in [-0.39, 0.29) is 0 Å². The lowest BCUT2D eigenvalue weighted by atomic mass is 10.0. The molecular weight excluding hydrogens is 286 g/mol. The third-order valence-electron chi connectivity index (χ3n) is 3.90. The normalized spacial score (nSPS) is 18.4. The van der Waals surface area contributed by atoms with E-state index in [1.165, 1.54) is 0 Å². The zero-order valence-electron chi connectivity index (χ0n) is 11.4. The van der Waals surface area contributed by atoms with E-state index in [0.29, 0.717) is 5.92 Å². The van der Waals surface area contributed by atoms with Crippen LogP contribution < -0.4 is 0 Å². The maximum absolute atomic E-state index is 5.97. The van der Waals surface area contributed by atoms with Crippen molar-refractivity contribution in [2.24, 2.45) is 0 Å². The number of hydrogen-bond donors (Lipinski definition) is 0. The Balaban J connectivity index is 1.90. The van der Waals surface area contributed by atoms with Gasteiger partial charge in [-0.25, -0.2) is 4.68 Å². The molecule has 3 heterocycles. The van der Waals surface area contributed by atoms with Gasteiger partial charge >= 0.3 is 0 Å². The molecule has 0 bridgehead atoms. The average molecular weight is 300 g/mol. The Morgan fingerprint density at radius 1 is 1.19 bits per heavy atom. The molecule has 0 N–H and O–H groups in total. The van der Waals surface area contributed by atoms with Crippen molar-refractivity contribution in [1.82, 2.24) is 14.8 Å². The van der Waals surface area contributed by atoms with Crippen molar-refractivity contribution in [2.75, 3.05) is 13.2 Å². The second-order valence-corrected chi connectivity index (χ2v) is 5.66. The highest BCUT2D eigenvalue weighted by Crippen LogP contribution is 2.31. The topological polar surface area (TPSA) is 39.9 Å². The molecule has 0 spiro atoms. The summed E-state index contributed by atoms with van der Waals surface area (Å²) in [6, 6.07) is 9.72. The number of ether oxygens (including phenoxy) is 1. The second-order valence-electron chi connectivity index (χ2n) is 5.23. The van der Waals surface area contributed by atoms with Crippen LogP contribution in [0.25, 0.3) is 16.6 Å². The Morgan fingerprint density at radius 3 is 2.81 bits per heavy atom. The minimum atomic E-state index is 0.364. The summed E-state index contributed by atoms with van der Waals surface area (Å²) in [7, 11) is 0. The monoisotopic (exact) mass is 299 g/mol. The number of nitrogens with zero attached hydrogens (tertiary/aromatic N) is 3. The Morgan fingerprint density at radius 2 is 2.05 bits per heavy atom. The Kier molecular flexibility index (Phi) is 3.13. The van der Waals surface area contributed by atoms with Crippen LogP contribution in [0.4, 0.5) is 0 Å². The molecule has 4 nitrogen and oxygen atoms in total. The first-order valence-corrected chi connectivity index (χ1v) is 7.37. The van der Waals surface area contributed by atoms with Gasteiger partial charge in [-0.2, -0.15) is 5.10 Å². The average Bonchev–Trinajstić information content (AvgIpc) is 3.15. The summed E-state index contributed by atoms with van der Waals surface area (Å²) in [5, 5.41) is 6.69. The molecule has 1 saturated heterocycles. The van der Waals surface area contributed by atoms with Crippen LogP contribution in [0.3, 0.4) is 0 Å². The van der Waals surface area contributed by atoms with E-state index in [9.17, 15) is 0 Å². The molecule has 0 radical (unpaired) electrons. The number of fused-ring (bicyclic) bond motifs is 1. The molecule has 106 valence electrons. The van der Waals surface area contributed by atoms with E-state index in [0.717, 1.165) is 46.9 Å². The highest BCUT2D eigenvalue weighted by molar-refractivity contribution is 6.30. The quantitative estimate of drug-likeness (QED) is 0.726. The predicted octanol–water partition coefficient (Wildman–Crippen LogP) is 3.58. The molecule has 1 fully saturated rings. The highest BCUT2D eigenvalue weighted by Gasteiger charge is 2.24. The van der Waals surface area contributed by atoms with Gasteiger partial charge in [0.25, 0.3) is 0 Å². The SMILES string of the molecule is Clc1ccc(-n2nc(C3CCOC3)c3ccncc32)cc1. The lowest BCUT2D eigenvalue weighted by Crippen LogP contribution is -2.01. The molecular formula is C16H14ClN3O. The van der Waals surface area contributed by atoms with Crippen LogP contribution in [-0.2, 0) is 4.74 Å². The summed E-state index contributed by atoms with van der Waals surface area (Å²) < 4.78 is 7.45. The largest absolute Gasteiger partial charge is 0.381 e. The maximum atomic E-state index is 5.97. The fourth-order valence-corrected chi connectivity index (χ4v) is 2.94. The molecule has 0 aliphatic carbocycles. The van der Waals surface area contributed by atoms with Crippen LogP contribution in [0.5, 0.6) is 0 Å². The van der Waals surface area contributed by atoms with Crippen molar-refractivity contribution >= 4 is 22.5 Å². The van der Waals surface area contributed by atoms with Crippen LogP contribution in [-0.4, -0.2) is 28.0 Å². The van der Waals surface area contributed by atoms with Crippen LogP contribution in [0.15, 0.2) is 42.7 Å². The van der Waals surface area contributed by atoms with Crippen molar-refractivity contribution in [1.29, 1.82) is 0 Å². The van der Waals surface area contributed by atoms with Gasteiger partial charge in [-0.15, -0.1) is 0 Å². The van der Waals surface area contributed by atoms with Gasteiger partial charge in [-0.05, 0) is 36.8 Å². The number of rotatable bonds is 2. The lowest BCUT2D eigenvalue weighted by molar-refractivity contribution is 0.193. The molecule has 5 heteroatoms. The summed E-state index contributed by atoms with van der Waals surface area (Å²) in [4.78, 5) is 4.24. The van der Waals surface area contributed by atoms with Crippen LogP contribution in [0.1, 0.15) is 18.0 Å². The fraction of sp³-hybridized carbons (Fsp3) is 0.250. The Bertz CT molecular complexity index is 776. The minimum Gasteiger partial charge on any atom is -0.381 e. The zero-order chi connectivity index (χ0) is 14.2. The first kappa shape index (κ1) is 12.8. The number of hydrogen-bond acceptors (Lipinski definition) is 3. The maximum Gasteiger partial charge on any atom is 0.0927 e. The molecule has 1 atom stereocenters. The van der Waals surface area contributed by atoms with Crippen molar-refractivity contribution in [3.05, 3.63) is 53.4 Å². The Labute approximate surface area is 127 Å². The molecule has 21 heavy (non-hydrogen) atoms. The van der Waals surface area contributed by atoms with Gasteiger partial charge in [0.1, 0.15) is 0 Å². The number of benzene rings is 1. The summed E-state index contributed by atoms with van der Waals surface area (Å²) in [6.45, 7) is 1.56.